The molecule has 5 nitrogen and oxygen atoms in total. The maximum absolute atomic E-state index is 5.77. The van der Waals surface area contributed by atoms with E-state index in [1.54, 1.807) is 5.51 Å². The van der Waals surface area contributed by atoms with E-state index in [1.165, 1.54) is 11.3 Å². The maximum Gasteiger partial charge on any atom is 0.258 e. The van der Waals surface area contributed by atoms with Crippen LogP contribution in [0.25, 0.3) is 23.0 Å². The van der Waals surface area contributed by atoms with Crippen LogP contribution in [0.5, 0.6) is 0 Å². The molecule has 2 heterocycles. The highest BCUT2D eigenvalue weighted by Crippen LogP contribution is 2.24. The van der Waals surface area contributed by atoms with E-state index in [1.807, 2.05) is 30.5 Å². The first kappa shape index (κ1) is 10.9. The van der Waals surface area contributed by atoms with Gasteiger partial charge in [0.2, 0.25) is 5.82 Å². The Labute approximate surface area is 107 Å². The van der Waals surface area contributed by atoms with Gasteiger partial charge in [0.05, 0.1) is 5.51 Å². The number of nitrogens with two attached hydrogens (primary N) is 1. The molecule has 0 aliphatic heterocycles. The van der Waals surface area contributed by atoms with Gasteiger partial charge in [-0.2, -0.15) is 4.98 Å². The molecule has 90 valence electrons. The minimum absolute atomic E-state index is 0.473. The van der Waals surface area contributed by atoms with Gasteiger partial charge in [-0.25, -0.2) is 4.98 Å². The molecule has 0 saturated carbocycles. The molecule has 18 heavy (non-hydrogen) atoms. The second-order valence-electron chi connectivity index (χ2n) is 3.87. The summed E-state index contributed by atoms with van der Waals surface area (Å²) in [5.41, 5.74) is 10.8. The summed E-state index contributed by atoms with van der Waals surface area (Å²) in [4.78, 5) is 8.46. The standard InChI is InChI=1S/C12H10N4OS/c1-7-4-8(2-3-9(7)13)12-15-11(16-17-12)10-5-18-6-14-10/h2-6H,13H2,1H3. The molecule has 2 N–H and O–H groups in total. The van der Waals surface area contributed by atoms with Crippen molar-refractivity contribution in [3.63, 3.8) is 0 Å². The lowest BCUT2D eigenvalue weighted by Gasteiger charge is -2.00. The van der Waals surface area contributed by atoms with E-state index >= 15 is 0 Å². The first-order valence-corrected chi connectivity index (χ1v) is 6.27. The van der Waals surface area contributed by atoms with Crippen molar-refractivity contribution in [1.82, 2.24) is 15.1 Å². The molecule has 0 aliphatic carbocycles. The van der Waals surface area contributed by atoms with Crippen molar-refractivity contribution in [1.29, 1.82) is 0 Å². The predicted molar refractivity (Wildman–Crippen MR) is 70.0 cm³/mol. The minimum Gasteiger partial charge on any atom is -0.399 e. The fourth-order valence-corrected chi connectivity index (χ4v) is 2.11. The number of rotatable bonds is 2. The van der Waals surface area contributed by atoms with E-state index in [0.29, 0.717) is 11.7 Å². The van der Waals surface area contributed by atoms with Crippen LogP contribution in [0.4, 0.5) is 5.69 Å². The highest BCUT2D eigenvalue weighted by molar-refractivity contribution is 7.07. The first-order chi connectivity index (χ1) is 8.74. The molecule has 2 aromatic heterocycles. The van der Waals surface area contributed by atoms with Crippen LogP contribution in [0.3, 0.4) is 0 Å². The number of hydrogen-bond acceptors (Lipinski definition) is 6. The summed E-state index contributed by atoms with van der Waals surface area (Å²) >= 11 is 1.49. The summed E-state index contributed by atoms with van der Waals surface area (Å²) < 4.78 is 5.23. The normalized spacial score (nSPS) is 10.7. The van der Waals surface area contributed by atoms with Crippen molar-refractivity contribution < 1.29 is 4.52 Å². The molecule has 0 amide bonds. The average Bonchev–Trinajstić information content (AvgIpc) is 3.01. The van der Waals surface area contributed by atoms with Gasteiger partial charge in [0.1, 0.15) is 5.69 Å². The van der Waals surface area contributed by atoms with Crippen molar-refractivity contribution in [2.24, 2.45) is 0 Å². The van der Waals surface area contributed by atoms with Gasteiger partial charge in [-0.05, 0) is 30.7 Å². The quantitative estimate of drug-likeness (QED) is 0.715. The first-order valence-electron chi connectivity index (χ1n) is 5.33. The second kappa shape index (κ2) is 4.23. The Kier molecular flexibility index (Phi) is 2.56. The number of benzene rings is 1. The third kappa shape index (κ3) is 1.86. The summed E-state index contributed by atoms with van der Waals surface area (Å²) in [5.74, 6) is 0.974. The van der Waals surface area contributed by atoms with Crippen LogP contribution >= 0.6 is 11.3 Å². The Hall–Kier alpha value is -2.21. The van der Waals surface area contributed by atoms with Gasteiger partial charge in [-0.3, -0.25) is 0 Å². The third-order valence-corrected chi connectivity index (χ3v) is 3.19. The van der Waals surface area contributed by atoms with Gasteiger partial charge in [0.25, 0.3) is 5.89 Å². The molecular weight excluding hydrogens is 248 g/mol. The molecule has 3 rings (SSSR count). The van der Waals surface area contributed by atoms with Crippen LogP contribution in [0.1, 0.15) is 5.56 Å². The van der Waals surface area contributed by atoms with Crippen molar-refractivity contribution in [3.05, 3.63) is 34.7 Å². The Balaban J connectivity index is 2.00. The summed E-state index contributed by atoms with van der Waals surface area (Å²) in [5, 5.41) is 5.79. The topological polar surface area (TPSA) is 77.8 Å². The second-order valence-corrected chi connectivity index (χ2v) is 4.59. The Morgan fingerprint density at radius 1 is 1.33 bits per heavy atom. The molecule has 0 atom stereocenters. The summed E-state index contributed by atoms with van der Waals surface area (Å²) in [6, 6.07) is 5.62. The molecule has 0 spiro atoms. The van der Waals surface area contributed by atoms with Crippen LogP contribution < -0.4 is 5.73 Å². The molecule has 0 bridgehead atoms. The van der Waals surface area contributed by atoms with Crippen LogP contribution in [0.15, 0.2) is 33.6 Å². The van der Waals surface area contributed by atoms with E-state index in [4.69, 9.17) is 10.3 Å². The summed E-state index contributed by atoms with van der Waals surface area (Å²) in [6.45, 7) is 1.94. The van der Waals surface area contributed by atoms with Crippen LogP contribution in [-0.4, -0.2) is 15.1 Å². The molecule has 0 fully saturated rings. The Morgan fingerprint density at radius 2 is 2.22 bits per heavy atom. The lowest BCUT2D eigenvalue weighted by atomic mass is 10.1. The monoisotopic (exact) mass is 258 g/mol. The number of anilines is 1. The molecule has 3 aromatic rings. The van der Waals surface area contributed by atoms with E-state index in [9.17, 15) is 0 Å². The average molecular weight is 258 g/mol. The number of hydrogen-bond donors (Lipinski definition) is 1. The molecule has 0 saturated heterocycles. The number of nitrogen functional groups attached to an aromatic ring is 1. The molecule has 0 radical (unpaired) electrons. The highest BCUT2D eigenvalue weighted by Gasteiger charge is 2.12. The SMILES string of the molecule is Cc1cc(-c2nc(-c3cscn3)no2)ccc1N. The van der Waals surface area contributed by atoms with Crippen molar-refractivity contribution in [3.8, 4) is 23.0 Å². The highest BCUT2D eigenvalue weighted by atomic mass is 32.1. The zero-order valence-corrected chi connectivity index (χ0v) is 10.4. The molecule has 6 heteroatoms. The zero-order valence-electron chi connectivity index (χ0n) is 9.62. The number of aromatic nitrogens is 3. The fraction of sp³-hybridized carbons (Fsp3) is 0.0833. The predicted octanol–water partition coefficient (Wildman–Crippen LogP) is 2.75. The van der Waals surface area contributed by atoms with Crippen LogP contribution in [0, 0.1) is 6.92 Å². The number of nitrogens with zero attached hydrogens (tertiary/aromatic N) is 3. The smallest absolute Gasteiger partial charge is 0.258 e. The zero-order chi connectivity index (χ0) is 12.5. The lowest BCUT2D eigenvalue weighted by Crippen LogP contribution is -1.89. The van der Waals surface area contributed by atoms with Gasteiger partial charge in [0.15, 0.2) is 0 Å². The number of thiazole rings is 1. The van der Waals surface area contributed by atoms with Crippen LogP contribution in [0.2, 0.25) is 0 Å². The van der Waals surface area contributed by atoms with E-state index in [-0.39, 0.29) is 0 Å². The van der Waals surface area contributed by atoms with Crippen molar-refractivity contribution in [2.45, 2.75) is 6.92 Å². The van der Waals surface area contributed by atoms with Crippen LogP contribution in [-0.2, 0) is 0 Å². The summed E-state index contributed by atoms with van der Waals surface area (Å²) in [6.07, 6.45) is 0. The van der Waals surface area contributed by atoms with Gasteiger partial charge < -0.3 is 10.3 Å². The van der Waals surface area contributed by atoms with Crippen molar-refractivity contribution in [2.75, 3.05) is 5.73 Å². The molecule has 0 aliphatic rings. The Bertz CT molecular complexity index is 675. The molecular formula is C12H10N4OS. The Morgan fingerprint density at radius 3 is 2.94 bits per heavy atom. The minimum atomic E-state index is 0.473. The van der Waals surface area contributed by atoms with Gasteiger partial charge >= 0.3 is 0 Å². The lowest BCUT2D eigenvalue weighted by molar-refractivity contribution is 0.432. The van der Waals surface area contributed by atoms with E-state index in [2.05, 4.69) is 15.1 Å². The largest absolute Gasteiger partial charge is 0.399 e. The fourth-order valence-electron chi connectivity index (χ4n) is 1.58. The molecule has 0 unspecified atom stereocenters. The maximum atomic E-state index is 5.77. The van der Waals surface area contributed by atoms with Gasteiger partial charge in [-0.15, -0.1) is 11.3 Å². The third-order valence-electron chi connectivity index (χ3n) is 2.60. The van der Waals surface area contributed by atoms with Crippen molar-refractivity contribution >= 4 is 17.0 Å². The van der Waals surface area contributed by atoms with E-state index in [0.717, 1.165) is 22.5 Å². The van der Waals surface area contributed by atoms with E-state index < -0.39 is 0 Å². The van der Waals surface area contributed by atoms with Gasteiger partial charge in [-0.1, -0.05) is 5.16 Å². The number of aryl methyl sites for hydroxylation is 1. The molecule has 1 aromatic carbocycles. The summed E-state index contributed by atoms with van der Waals surface area (Å²) in [7, 11) is 0. The van der Waals surface area contributed by atoms with Gasteiger partial charge in [0, 0.05) is 16.6 Å².